The molecule has 0 aliphatic rings. The van der Waals surface area contributed by atoms with Crippen LogP contribution < -0.4 is 0 Å². The zero-order valence-corrected chi connectivity index (χ0v) is 9.94. The molecule has 0 fully saturated rings. The van der Waals surface area contributed by atoms with Crippen molar-refractivity contribution >= 4 is 17.6 Å². The summed E-state index contributed by atoms with van der Waals surface area (Å²) in [6.45, 7) is 0. The van der Waals surface area contributed by atoms with Gasteiger partial charge in [-0.05, 0) is 29.8 Å². The van der Waals surface area contributed by atoms with Crippen molar-refractivity contribution in [3.63, 3.8) is 0 Å². The largest absolute Gasteiger partial charge is 0.233 e. The fraction of sp³-hybridized carbons (Fsp3) is 0. The summed E-state index contributed by atoms with van der Waals surface area (Å²) in [6, 6.07) is 11.7. The van der Waals surface area contributed by atoms with Crippen molar-refractivity contribution in [2.24, 2.45) is 0 Å². The third-order valence-electron chi connectivity index (χ3n) is 2.59. The van der Waals surface area contributed by atoms with Crippen LogP contribution in [0.15, 0.2) is 54.6 Å². The molecule has 94 valence electrons. The summed E-state index contributed by atoms with van der Waals surface area (Å²) in [7, 11) is 0. The number of hydrogen-bond acceptors (Lipinski definition) is 1. The highest BCUT2D eigenvalue weighted by atomic mass is 19.1. The first kappa shape index (κ1) is 12.9. The fourth-order valence-corrected chi connectivity index (χ4v) is 1.61. The summed E-state index contributed by atoms with van der Waals surface area (Å²) < 4.78 is 26.3. The van der Waals surface area contributed by atoms with Crippen LogP contribution in [0.5, 0.6) is 0 Å². The average molecular weight is 256 g/mol. The Morgan fingerprint density at radius 2 is 1.68 bits per heavy atom. The van der Waals surface area contributed by atoms with Gasteiger partial charge < -0.3 is 0 Å². The maximum absolute atomic E-state index is 13.5. The second kappa shape index (κ2) is 5.89. The maximum atomic E-state index is 13.5. The number of rotatable bonds is 3. The summed E-state index contributed by atoms with van der Waals surface area (Å²) in [6.07, 6.45) is 3.06. The first-order chi connectivity index (χ1) is 9.20. The molecule has 0 spiro atoms. The smallest absolute Gasteiger partial charge is 0.133 e. The number of carbonyl (C=O) groups excluding carboxylic acids is 1. The highest BCUT2D eigenvalue weighted by Crippen LogP contribution is 2.18. The van der Waals surface area contributed by atoms with E-state index in [2.05, 4.69) is 0 Å². The Balaban J connectivity index is 2.28. The number of halogens is 2. The van der Waals surface area contributed by atoms with Gasteiger partial charge in [0, 0.05) is 5.56 Å². The van der Waals surface area contributed by atoms with Gasteiger partial charge in [-0.3, -0.25) is 0 Å². The molecule has 19 heavy (non-hydrogen) atoms. The van der Waals surface area contributed by atoms with Crippen LogP contribution >= 0.6 is 0 Å². The van der Waals surface area contributed by atoms with Gasteiger partial charge in [-0.25, -0.2) is 13.6 Å². The molecule has 0 saturated carbocycles. The third-order valence-corrected chi connectivity index (χ3v) is 2.59. The van der Waals surface area contributed by atoms with Gasteiger partial charge >= 0.3 is 0 Å². The van der Waals surface area contributed by atoms with Crippen molar-refractivity contribution in [1.29, 1.82) is 0 Å². The van der Waals surface area contributed by atoms with E-state index < -0.39 is 5.82 Å². The zero-order valence-electron chi connectivity index (χ0n) is 9.94. The predicted octanol–water partition coefficient (Wildman–Crippen LogP) is 3.89. The topological polar surface area (TPSA) is 17.1 Å². The van der Waals surface area contributed by atoms with Crippen molar-refractivity contribution in [2.45, 2.75) is 0 Å². The van der Waals surface area contributed by atoms with E-state index in [1.165, 1.54) is 30.3 Å². The van der Waals surface area contributed by atoms with Crippen LogP contribution in [0.25, 0.3) is 11.6 Å². The first-order valence-electron chi connectivity index (χ1n) is 5.64. The average Bonchev–Trinajstić information content (AvgIpc) is 2.43. The summed E-state index contributed by atoms with van der Waals surface area (Å²) in [5.74, 6) is 0.889. The number of allylic oxidation sites excluding steroid dienone is 2. The Morgan fingerprint density at radius 1 is 1.00 bits per heavy atom. The molecule has 0 N–H and O–H groups in total. The second-order valence-corrected chi connectivity index (χ2v) is 3.88. The lowest BCUT2D eigenvalue weighted by Crippen LogP contribution is -1.87. The van der Waals surface area contributed by atoms with Crippen LogP contribution in [0.3, 0.4) is 0 Å². The lowest BCUT2D eigenvalue weighted by Gasteiger charge is -2.00. The van der Waals surface area contributed by atoms with Gasteiger partial charge in [-0.2, -0.15) is 0 Å². The molecule has 0 radical (unpaired) electrons. The molecular formula is C16H10F2O. The molecule has 0 saturated heterocycles. The molecule has 0 aliphatic heterocycles. The third kappa shape index (κ3) is 3.24. The summed E-state index contributed by atoms with van der Waals surface area (Å²) in [5.41, 5.74) is 1.02. The molecular weight excluding hydrogens is 246 g/mol. The highest BCUT2D eigenvalue weighted by molar-refractivity contribution is 5.95. The lowest BCUT2D eigenvalue weighted by molar-refractivity contribution is 0.569. The fourth-order valence-electron chi connectivity index (χ4n) is 1.61. The van der Waals surface area contributed by atoms with E-state index in [1.54, 1.807) is 36.3 Å². The van der Waals surface area contributed by atoms with Gasteiger partial charge in [-0.15, -0.1) is 0 Å². The van der Waals surface area contributed by atoms with Crippen molar-refractivity contribution in [3.05, 3.63) is 77.4 Å². The quantitative estimate of drug-likeness (QED) is 0.601. The molecule has 2 rings (SSSR count). The van der Waals surface area contributed by atoms with E-state index in [9.17, 15) is 13.6 Å². The lowest BCUT2D eigenvalue weighted by atomic mass is 10.1. The van der Waals surface area contributed by atoms with Crippen molar-refractivity contribution in [3.8, 4) is 0 Å². The van der Waals surface area contributed by atoms with Crippen LogP contribution in [0.2, 0.25) is 0 Å². The van der Waals surface area contributed by atoms with Gasteiger partial charge in [0.25, 0.3) is 0 Å². The van der Waals surface area contributed by atoms with Gasteiger partial charge in [0.1, 0.15) is 17.6 Å². The second-order valence-electron chi connectivity index (χ2n) is 3.88. The Hall–Kier alpha value is -2.51. The van der Waals surface area contributed by atoms with Gasteiger partial charge in [-0.1, -0.05) is 36.4 Å². The standard InChI is InChI=1S/C16H10F2O/c17-14-9-6-12(7-10-14)5-8-13(11-19)15-3-1-2-4-16(15)18/h1-10H/b8-5+. The minimum atomic E-state index is -0.482. The summed E-state index contributed by atoms with van der Waals surface area (Å²) in [4.78, 5) is 10.9. The number of hydrogen-bond donors (Lipinski definition) is 0. The molecule has 2 aromatic rings. The monoisotopic (exact) mass is 256 g/mol. The molecule has 0 atom stereocenters. The SMILES string of the molecule is O=C=C(/C=C/c1ccc(F)cc1)c1ccccc1F. The highest BCUT2D eigenvalue weighted by Gasteiger charge is 2.04. The maximum Gasteiger partial charge on any atom is 0.133 e. The molecule has 3 heteroatoms. The van der Waals surface area contributed by atoms with Crippen molar-refractivity contribution in [1.82, 2.24) is 0 Å². The summed E-state index contributed by atoms with van der Waals surface area (Å²) in [5, 5.41) is 0. The molecule has 0 aromatic heterocycles. The zero-order chi connectivity index (χ0) is 13.7. The molecule has 0 aliphatic carbocycles. The Morgan fingerprint density at radius 3 is 2.32 bits per heavy atom. The molecule has 0 bridgehead atoms. The van der Waals surface area contributed by atoms with Crippen LogP contribution in [0, 0.1) is 11.6 Å². The summed E-state index contributed by atoms with van der Waals surface area (Å²) >= 11 is 0. The van der Waals surface area contributed by atoms with E-state index in [4.69, 9.17) is 0 Å². The van der Waals surface area contributed by atoms with Gasteiger partial charge in [0.05, 0.1) is 5.57 Å². The van der Waals surface area contributed by atoms with Crippen molar-refractivity contribution < 1.29 is 13.6 Å². The van der Waals surface area contributed by atoms with E-state index >= 15 is 0 Å². The molecule has 2 aromatic carbocycles. The van der Waals surface area contributed by atoms with E-state index in [-0.39, 0.29) is 17.0 Å². The van der Waals surface area contributed by atoms with Crippen LogP contribution in [0.4, 0.5) is 8.78 Å². The molecule has 0 amide bonds. The minimum absolute atomic E-state index is 0.113. The van der Waals surface area contributed by atoms with E-state index in [0.717, 1.165) is 0 Å². The predicted molar refractivity (Wildman–Crippen MR) is 70.9 cm³/mol. The van der Waals surface area contributed by atoms with E-state index in [1.807, 2.05) is 0 Å². The van der Waals surface area contributed by atoms with Crippen LogP contribution in [-0.4, -0.2) is 5.94 Å². The van der Waals surface area contributed by atoms with Crippen LogP contribution in [0.1, 0.15) is 11.1 Å². The molecule has 0 unspecified atom stereocenters. The van der Waals surface area contributed by atoms with Gasteiger partial charge in [0.2, 0.25) is 0 Å². The Kier molecular flexibility index (Phi) is 4.01. The van der Waals surface area contributed by atoms with Crippen molar-refractivity contribution in [2.75, 3.05) is 0 Å². The Labute approximate surface area is 109 Å². The number of benzene rings is 2. The Bertz CT molecular complexity index is 651. The minimum Gasteiger partial charge on any atom is -0.233 e. The normalized spacial score (nSPS) is 10.4. The van der Waals surface area contributed by atoms with Gasteiger partial charge in [0.15, 0.2) is 0 Å². The van der Waals surface area contributed by atoms with E-state index in [0.29, 0.717) is 5.56 Å². The van der Waals surface area contributed by atoms with Crippen LogP contribution in [-0.2, 0) is 4.79 Å². The molecule has 0 heterocycles. The first-order valence-corrected chi connectivity index (χ1v) is 5.64. The molecule has 1 nitrogen and oxygen atoms in total.